The van der Waals surface area contributed by atoms with Crippen LogP contribution < -0.4 is 5.73 Å². The molecule has 3 heteroatoms. The molecule has 0 aliphatic heterocycles. The average molecular weight is 159 g/mol. The van der Waals surface area contributed by atoms with Crippen LogP contribution in [0.2, 0.25) is 0 Å². The van der Waals surface area contributed by atoms with E-state index in [2.05, 4.69) is 6.92 Å². The second kappa shape index (κ2) is 4.04. The van der Waals surface area contributed by atoms with Crippen molar-refractivity contribution in [1.29, 1.82) is 0 Å². The number of rotatable bonds is 4. The molecule has 66 valence electrons. The fourth-order valence-electron chi connectivity index (χ4n) is 1.38. The number of nitrogens with two attached hydrogens (primary N) is 1. The minimum absolute atomic E-state index is 0.126. The van der Waals surface area contributed by atoms with Gasteiger partial charge in [-0.15, -0.1) is 0 Å². The molecule has 0 radical (unpaired) electrons. The van der Waals surface area contributed by atoms with Gasteiger partial charge in [0.1, 0.15) is 0 Å². The molecule has 0 bridgehead atoms. The van der Waals surface area contributed by atoms with Crippen LogP contribution in [-0.2, 0) is 9.47 Å². The van der Waals surface area contributed by atoms with Gasteiger partial charge in [-0.2, -0.15) is 0 Å². The van der Waals surface area contributed by atoms with E-state index in [9.17, 15) is 0 Å². The number of hydrogen-bond acceptors (Lipinski definition) is 3. The third kappa shape index (κ3) is 1.92. The first-order valence-corrected chi connectivity index (χ1v) is 4.19. The largest absolute Gasteiger partial charge is 0.377 e. The number of methoxy groups -OCH3 is 1. The zero-order chi connectivity index (χ0) is 8.27. The standard InChI is InChI=1S/C8H17NO2/c1-3-4-11-7-5-6(9)8(7)10-2/h6-8H,3-5,9H2,1-2H3. The van der Waals surface area contributed by atoms with Crippen molar-refractivity contribution in [2.24, 2.45) is 5.73 Å². The van der Waals surface area contributed by atoms with Crippen LogP contribution in [0.5, 0.6) is 0 Å². The highest BCUT2D eigenvalue weighted by Gasteiger charge is 2.39. The van der Waals surface area contributed by atoms with Crippen LogP contribution >= 0.6 is 0 Å². The Morgan fingerprint density at radius 3 is 2.73 bits per heavy atom. The summed E-state index contributed by atoms with van der Waals surface area (Å²) in [4.78, 5) is 0. The molecule has 1 fully saturated rings. The van der Waals surface area contributed by atoms with E-state index < -0.39 is 0 Å². The molecule has 1 aliphatic carbocycles. The summed E-state index contributed by atoms with van der Waals surface area (Å²) in [6.07, 6.45) is 2.37. The first kappa shape index (κ1) is 8.97. The van der Waals surface area contributed by atoms with E-state index in [1.54, 1.807) is 7.11 Å². The van der Waals surface area contributed by atoms with Crippen molar-refractivity contribution in [3.05, 3.63) is 0 Å². The molecule has 1 aliphatic rings. The topological polar surface area (TPSA) is 44.5 Å². The van der Waals surface area contributed by atoms with Crippen molar-refractivity contribution in [3.8, 4) is 0 Å². The van der Waals surface area contributed by atoms with E-state index in [0.29, 0.717) is 0 Å². The van der Waals surface area contributed by atoms with Gasteiger partial charge in [0.15, 0.2) is 0 Å². The molecule has 3 nitrogen and oxygen atoms in total. The Morgan fingerprint density at radius 2 is 2.27 bits per heavy atom. The second-order valence-corrected chi connectivity index (χ2v) is 3.01. The number of ether oxygens (including phenoxy) is 2. The van der Waals surface area contributed by atoms with E-state index in [4.69, 9.17) is 15.2 Å². The van der Waals surface area contributed by atoms with Crippen LogP contribution in [0.4, 0.5) is 0 Å². The molecule has 1 rings (SSSR count). The molecule has 0 saturated heterocycles. The normalized spacial score (nSPS) is 36.8. The fraction of sp³-hybridized carbons (Fsp3) is 1.00. The number of hydrogen-bond donors (Lipinski definition) is 1. The third-order valence-corrected chi connectivity index (χ3v) is 2.10. The fourth-order valence-corrected chi connectivity index (χ4v) is 1.38. The maximum Gasteiger partial charge on any atom is 0.0984 e. The molecule has 0 aromatic carbocycles. The minimum Gasteiger partial charge on any atom is -0.377 e. The lowest BCUT2D eigenvalue weighted by Crippen LogP contribution is -2.57. The SMILES string of the molecule is CCCOC1CC(N)C1OC. The van der Waals surface area contributed by atoms with Gasteiger partial charge >= 0.3 is 0 Å². The Kier molecular flexibility index (Phi) is 3.30. The Bertz CT molecular complexity index is 119. The van der Waals surface area contributed by atoms with E-state index in [1.807, 2.05) is 0 Å². The van der Waals surface area contributed by atoms with Gasteiger partial charge in [-0.1, -0.05) is 6.92 Å². The Balaban J connectivity index is 2.16. The van der Waals surface area contributed by atoms with Gasteiger partial charge in [-0.3, -0.25) is 0 Å². The maximum absolute atomic E-state index is 5.69. The molecule has 0 heterocycles. The molecular weight excluding hydrogens is 142 g/mol. The third-order valence-electron chi connectivity index (χ3n) is 2.10. The lowest BCUT2D eigenvalue weighted by Gasteiger charge is -2.40. The van der Waals surface area contributed by atoms with E-state index >= 15 is 0 Å². The van der Waals surface area contributed by atoms with Gasteiger partial charge in [0, 0.05) is 19.8 Å². The highest BCUT2D eigenvalue weighted by atomic mass is 16.5. The summed E-state index contributed by atoms with van der Waals surface area (Å²) in [6, 6.07) is 0.182. The zero-order valence-electron chi connectivity index (χ0n) is 7.25. The van der Waals surface area contributed by atoms with Crippen LogP contribution in [0, 0.1) is 0 Å². The quantitative estimate of drug-likeness (QED) is 0.650. The van der Waals surface area contributed by atoms with Crippen molar-refractivity contribution >= 4 is 0 Å². The maximum atomic E-state index is 5.69. The van der Waals surface area contributed by atoms with Gasteiger partial charge in [-0.25, -0.2) is 0 Å². The first-order valence-electron chi connectivity index (χ1n) is 4.19. The molecule has 0 aromatic rings. The van der Waals surface area contributed by atoms with Crippen molar-refractivity contribution in [1.82, 2.24) is 0 Å². The van der Waals surface area contributed by atoms with Crippen molar-refractivity contribution in [2.75, 3.05) is 13.7 Å². The summed E-state index contributed by atoms with van der Waals surface area (Å²) in [5, 5.41) is 0. The summed E-state index contributed by atoms with van der Waals surface area (Å²) in [6.45, 7) is 2.91. The average Bonchev–Trinajstić information content (AvgIpc) is 1.98. The van der Waals surface area contributed by atoms with Gasteiger partial charge in [-0.05, 0) is 12.8 Å². The van der Waals surface area contributed by atoms with Crippen molar-refractivity contribution < 1.29 is 9.47 Å². The van der Waals surface area contributed by atoms with Crippen LogP contribution in [0.15, 0.2) is 0 Å². The lowest BCUT2D eigenvalue weighted by atomic mass is 9.86. The molecule has 0 amide bonds. The van der Waals surface area contributed by atoms with Crippen LogP contribution in [0.25, 0.3) is 0 Å². The van der Waals surface area contributed by atoms with E-state index in [0.717, 1.165) is 19.4 Å². The monoisotopic (exact) mass is 159 g/mol. The Morgan fingerprint density at radius 1 is 1.55 bits per heavy atom. The van der Waals surface area contributed by atoms with Gasteiger partial charge in [0.05, 0.1) is 12.2 Å². The molecule has 3 atom stereocenters. The van der Waals surface area contributed by atoms with E-state index in [1.165, 1.54) is 0 Å². The highest BCUT2D eigenvalue weighted by molar-refractivity contribution is 4.94. The zero-order valence-corrected chi connectivity index (χ0v) is 7.25. The lowest BCUT2D eigenvalue weighted by molar-refractivity contribution is -0.125. The van der Waals surface area contributed by atoms with Gasteiger partial charge in [0.25, 0.3) is 0 Å². The molecule has 0 aromatic heterocycles. The summed E-state index contributed by atoms with van der Waals surface area (Å²) >= 11 is 0. The Labute approximate surface area is 67.9 Å². The first-order chi connectivity index (χ1) is 5.29. The predicted molar refractivity (Wildman–Crippen MR) is 43.4 cm³/mol. The van der Waals surface area contributed by atoms with Crippen LogP contribution in [0.3, 0.4) is 0 Å². The summed E-state index contributed by atoms with van der Waals surface area (Å²) < 4.78 is 10.7. The predicted octanol–water partition coefficient (Wildman–Crippen LogP) is 0.528. The smallest absolute Gasteiger partial charge is 0.0984 e. The van der Waals surface area contributed by atoms with Crippen LogP contribution in [0.1, 0.15) is 19.8 Å². The molecule has 0 spiro atoms. The molecule has 1 saturated carbocycles. The highest BCUT2D eigenvalue weighted by Crippen LogP contribution is 2.24. The molecule has 11 heavy (non-hydrogen) atoms. The summed E-state index contributed by atoms with van der Waals surface area (Å²) in [7, 11) is 1.69. The van der Waals surface area contributed by atoms with Crippen LogP contribution in [-0.4, -0.2) is 32.0 Å². The Hall–Kier alpha value is -0.120. The van der Waals surface area contributed by atoms with E-state index in [-0.39, 0.29) is 18.2 Å². The van der Waals surface area contributed by atoms with Crippen molar-refractivity contribution in [2.45, 2.75) is 38.0 Å². The molecule has 3 unspecified atom stereocenters. The van der Waals surface area contributed by atoms with Gasteiger partial charge in [0.2, 0.25) is 0 Å². The molecular formula is C8H17NO2. The summed E-state index contributed by atoms with van der Waals surface area (Å²) in [5.74, 6) is 0. The van der Waals surface area contributed by atoms with Crippen molar-refractivity contribution in [3.63, 3.8) is 0 Å². The van der Waals surface area contributed by atoms with Gasteiger partial charge < -0.3 is 15.2 Å². The minimum atomic E-state index is 0.126. The summed E-state index contributed by atoms with van der Waals surface area (Å²) in [5.41, 5.74) is 5.69. The second-order valence-electron chi connectivity index (χ2n) is 3.01. The molecule has 2 N–H and O–H groups in total.